The second-order valence-corrected chi connectivity index (χ2v) is 10.7. The van der Waals surface area contributed by atoms with Crippen LogP contribution < -0.4 is 5.32 Å². The van der Waals surface area contributed by atoms with Crippen LogP contribution in [0.1, 0.15) is 42.4 Å². The van der Waals surface area contributed by atoms with Crippen molar-refractivity contribution in [2.24, 2.45) is 5.92 Å². The van der Waals surface area contributed by atoms with Gasteiger partial charge in [-0.2, -0.15) is 0 Å². The number of aromatic nitrogens is 4. The van der Waals surface area contributed by atoms with E-state index in [0.717, 1.165) is 29.4 Å². The lowest BCUT2D eigenvalue weighted by Crippen LogP contribution is -2.31. The van der Waals surface area contributed by atoms with Crippen LogP contribution in [-0.4, -0.2) is 36.6 Å². The molecule has 1 saturated carbocycles. The molecule has 5 aromatic rings. The number of nitrogens with one attached hydrogen (secondary N) is 1. The monoisotopic (exact) mass is 517 g/mol. The number of hydrogen-bond donors (Lipinski definition) is 2. The predicted octanol–water partition coefficient (Wildman–Crippen LogP) is 6.71. The highest BCUT2D eigenvalue weighted by Gasteiger charge is 2.27. The van der Waals surface area contributed by atoms with Crippen molar-refractivity contribution in [3.8, 4) is 11.4 Å². The van der Waals surface area contributed by atoms with E-state index in [1.54, 1.807) is 11.3 Å². The van der Waals surface area contributed by atoms with Crippen LogP contribution in [0.2, 0.25) is 5.02 Å². The second kappa shape index (κ2) is 9.19. The molecule has 7 nitrogen and oxygen atoms in total. The summed E-state index contributed by atoms with van der Waals surface area (Å²) in [5.74, 6) is 0.313. The third-order valence-corrected chi connectivity index (χ3v) is 8.13. The Balaban J connectivity index is 1.56. The molecular formula is C27H24ClN5O2S. The first-order valence-corrected chi connectivity index (χ1v) is 13.2. The zero-order valence-corrected chi connectivity index (χ0v) is 21.2. The number of nitrogens with zero attached hydrogens (tertiary/aromatic N) is 4. The topological polar surface area (TPSA) is 92.9 Å². The number of aromatic carboxylic acids is 1. The van der Waals surface area contributed by atoms with E-state index in [4.69, 9.17) is 16.6 Å². The molecular weight excluding hydrogens is 494 g/mol. The first-order chi connectivity index (χ1) is 17.5. The Morgan fingerprint density at radius 3 is 2.69 bits per heavy atom. The van der Waals surface area contributed by atoms with Crippen molar-refractivity contribution < 1.29 is 9.90 Å². The van der Waals surface area contributed by atoms with Gasteiger partial charge in [0.25, 0.3) is 0 Å². The third-order valence-electron chi connectivity index (χ3n) is 6.98. The van der Waals surface area contributed by atoms with Crippen molar-refractivity contribution in [3.63, 3.8) is 0 Å². The van der Waals surface area contributed by atoms with E-state index >= 15 is 0 Å². The van der Waals surface area contributed by atoms with Crippen molar-refractivity contribution in [1.29, 1.82) is 0 Å². The van der Waals surface area contributed by atoms with Crippen LogP contribution in [0.5, 0.6) is 0 Å². The highest BCUT2D eigenvalue weighted by atomic mass is 35.5. The van der Waals surface area contributed by atoms with Crippen LogP contribution in [0.3, 0.4) is 0 Å². The maximum absolute atomic E-state index is 11.9. The lowest BCUT2D eigenvalue weighted by atomic mass is 9.80. The summed E-state index contributed by atoms with van der Waals surface area (Å²) >= 11 is 7.83. The van der Waals surface area contributed by atoms with Crippen LogP contribution in [-0.2, 0) is 6.54 Å². The highest BCUT2D eigenvalue weighted by Crippen LogP contribution is 2.35. The van der Waals surface area contributed by atoms with Crippen LogP contribution in [0.4, 0.5) is 5.82 Å². The minimum atomic E-state index is -1.18. The van der Waals surface area contributed by atoms with Crippen LogP contribution in [0, 0.1) is 5.92 Å². The van der Waals surface area contributed by atoms with Gasteiger partial charge in [0, 0.05) is 27.9 Å². The molecule has 182 valence electrons. The number of rotatable bonds is 7. The smallest absolute Gasteiger partial charge is 0.374 e. The van der Waals surface area contributed by atoms with Gasteiger partial charge in [0.1, 0.15) is 11.3 Å². The number of thiophene rings is 1. The normalized spacial score (nSPS) is 14.7. The fraction of sp³-hybridized carbons (Fsp3) is 0.259. The Bertz CT molecular complexity index is 1590. The summed E-state index contributed by atoms with van der Waals surface area (Å²) in [6.07, 6.45) is 3.54. The van der Waals surface area contributed by atoms with Crippen LogP contribution >= 0.6 is 22.9 Å². The molecule has 1 atom stereocenters. The van der Waals surface area contributed by atoms with Gasteiger partial charge < -0.3 is 15.0 Å². The molecule has 3 heterocycles. The van der Waals surface area contributed by atoms with Crippen molar-refractivity contribution in [3.05, 3.63) is 70.3 Å². The second-order valence-electron chi connectivity index (χ2n) is 9.32. The molecule has 6 rings (SSSR count). The molecule has 0 aliphatic heterocycles. The Kier molecular flexibility index (Phi) is 5.85. The van der Waals surface area contributed by atoms with Gasteiger partial charge >= 0.3 is 5.97 Å². The van der Waals surface area contributed by atoms with Crippen LogP contribution in [0.15, 0.2) is 53.9 Å². The average molecular weight is 518 g/mol. The van der Waals surface area contributed by atoms with E-state index in [-0.39, 0.29) is 11.9 Å². The third kappa shape index (κ3) is 4.20. The number of carboxylic acids is 1. The molecule has 1 aliphatic carbocycles. The molecule has 0 saturated heterocycles. The molecule has 2 aromatic carbocycles. The average Bonchev–Trinajstić information content (AvgIpc) is 3.43. The molecule has 36 heavy (non-hydrogen) atoms. The van der Waals surface area contributed by atoms with Crippen molar-refractivity contribution in [2.75, 3.05) is 5.32 Å². The number of hydrogen-bond acceptors (Lipinski definition) is 6. The Labute approximate surface area is 216 Å². The fourth-order valence-electron chi connectivity index (χ4n) is 4.76. The Hall–Kier alpha value is -3.49. The molecule has 1 aliphatic rings. The summed E-state index contributed by atoms with van der Waals surface area (Å²) < 4.78 is 3.27. The van der Waals surface area contributed by atoms with E-state index in [2.05, 4.69) is 50.4 Å². The van der Waals surface area contributed by atoms with E-state index in [1.165, 1.54) is 11.1 Å². The molecule has 1 unspecified atom stereocenters. The van der Waals surface area contributed by atoms with Gasteiger partial charge in [0.15, 0.2) is 11.5 Å². The molecule has 2 N–H and O–H groups in total. The van der Waals surface area contributed by atoms with Crippen molar-refractivity contribution >= 4 is 56.0 Å². The summed E-state index contributed by atoms with van der Waals surface area (Å²) in [6, 6.07) is 16.2. The predicted molar refractivity (Wildman–Crippen MR) is 144 cm³/mol. The Morgan fingerprint density at radius 1 is 1.17 bits per heavy atom. The first-order valence-electron chi connectivity index (χ1n) is 12.0. The molecule has 0 spiro atoms. The van der Waals surface area contributed by atoms with Gasteiger partial charge in [-0.1, -0.05) is 30.2 Å². The number of imidazole rings is 1. The van der Waals surface area contributed by atoms with E-state index in [1.807, 2.05) is 30.3 Å². The largest absolute Gasteiger partial charge is 0.475 e. The van der Waals surface area contributed by atoms with Crippen molar-refractivity contribution in [1.82, 2.24) is 19.5 Å². The molecule has 3 aromatic heterocycles. The van der Waals surface area contributed by atoms with E-state index < -0.39 is 5.97 Å². The molecule has 1 fully saturated rings. The maximum atomic E-state index is 11.9. The van der Waals surface area contributed by atoms with E-state index in [9.17, 15) is 9.90 Å². The number of carboxylic acid groups (broad SMARTS) is 1. The highest BCUT2D eigenvalue weighted by molar-refractivity contribution is 7.17. The quantitative estimate of drug-likeness (QED) is 0.249. The van der Waals surface area contributed by atoms with Gasteiger partial charge in [-0.3, -0.25) is 0 Å². The zero-order chi connectivity index (χ0) is 24.8. The number of benzene rings is 2. The number of anilines is 1. The fourth-order valence-corrected chi connectivity index (χ4v) is 5.66. The first kappa shape index (κ1) is 22.9. The number of halogens is 1. The van der Waals surface area contributed by atoms with Crippen LogP contribution in [0.25, 0.3) is 32.6 Å². The lowest BCUT2D eigenvalue weighted by Gasteiger charge is -2.32. The summed E-state index contributed by atoms with van der Waals surface area (Å²) in [5, 5.41) is 17.1. The summed E-state index contributed by atoms with van der Waals surface area (Å²) in [4.78, 5) is 25.5. The molecule has 0 radical (unpaired) electrons. The summed E-state index contributed by atoms with van der Waals surface area (Å²) in [7, 11) is 0. The maximum Gasteiger partial charge on any atom is 0.374 e. The standard InChI is InChI=1S/C27H24ClN5O2S/c1-15(17-3-2-4-17)29-23-22-24(31-25(30-23)27(34)35)32-26(19-7-10-21-18(13-19)11-12-36-21)33(22)14-16-5-8-20(28)9-6-16/h5-13,15,17H,2-4,14H2,1H3,(H,34,35)(H,29,30,31). The molecule has 9 heteroatoms. The molecule has 0 amide bonds. The summed E-state index contributed by atoms with van der Waals surface area (Å²) in [6.45, 7) is 2.64. The van der Waals surface area contributed by atoms with Crippen molar-refractivity contribution in [2.45, 2.75) is 38.8 Å². The van der Waals surface area contributed by atoms with Gasteiger partial charge in [0.05, 0.1) is 0 Å². The minimum Gasteiger partial charge on any atom is -0.475 e. The van der Waals surface area contributed by atoms with Gasteiger partial charge in [0.2, 0.25) is 5.82 Å². The number of fused-ring (bicyclic) bond motifs is 2. The zero-order valence-electron chi connectivity index (χ0n) is 19.6. The van der Waals surface area contributed by atoms with Gasteiger partial charge in [-0.25, -0.2) is 19.7 Å². The molecule has 0 bridgehead atoms. The van der Waals surface area contributed by atoms with Gasteiger partial charge in [-0.05, 0) is 78.4 Å². The van der Waals surface area contributed by atoms with Gasteiger partial charge in [-0.15, -0.1) is 11.3 Å². The lowest BCUT2D eigenvalue weighted by molar-refractivity contribution is 0.0684. The number of carbonyl (C=O) groups is 1. The SMILES string of the molecule is CC(Nc1nc(C(=O)O)nc2nc(-c3ccc4sccc4c3)n(Cc3ccc(Cl)cc3)c12)C1CCC1. The minimum absolute atomic E-state index is 0.156. The Morgan fingerprint density at radius 2 is 1.97 bits per heavy atom. The van der Waals surface area contributed by atoms with E-state index in [0.29, 0.717) is 40.3 Å². The summed E-state index contributed by atoms with van der Waals surface area (Å²) in [5.41, 5.74) is 3.03.